The summed E-state index contributed by atoms with van der Waals surface area (Å²) in [6, 6.07) is 0. The van der Waals surface area contributed by atoms with E-state index in [2.05, 4.69) is 20.4 Å². The number of nitrogens with one attached hydrogen (secondary N) is 1. The summed E-state index contributed by atoms with van der Waals surface area (Å²) in [6.45, 7) is 5.71. The Hall–Kier alpha value is -2.24. The third-order valence-corrected chi connectivity index (χ3v) is 2.90. The van der Waals surface area contributed by atoms with Gasteiger partial charge < -0.3 is 9.84 Å². The lowest BCUT2D eigenvalue weighted by atomic mass is 9.96. The highest BCUT2D eigenvalue weighted by atomic mass is 16.5. The van der Waals surface area contributed by atoms with Crippen molar-refractivity contribution in [3.63, 3.8) is 0 Å². The van der Waals surface area contributed by atoms with E-state index in [-0.39, 0.29) is 11.8 Å². The maximum atomic E-state index is 11.9. The molecule has 1 amide bonds. The van der Waals surface area contributed by atoms with Gasteiger partial charge in [-0.15, -0.1) is 0 Å². The van der Waals surface area contributed by atoms with Gasteiger partial charge >= 0.3 is 0 Å². The summed E-state index contributed by atoms with van der Waals surface area (Å²) in [6.07, 6.45) is 4.95. The molecule has 0 fully saturated rings. The van der Waals surface area contributed by atoms with E-state index >= 15 is 0 Å². The van der Waals surface area contributed by atoms with Crippen LogP contribution in [0.2, 0.25) is 0 Å². The Morgan fingerprint density at radius 1 is 1.42 bits per heavy atom. The minimum Gasteiger partial charge on any atom is -0.361 e. The topological polar surface area (TPSA) is 80.9 Å². The number of hydrogen-bond acceptors (Lipinski definition) is 5. The maximum absolute atomic E-state index is 11.9. The van der Waals surface area contributed by atoms with E-state index in [1.807, 2.05) is 20.8 Å². The van der Waals surface area contributed by atoms with E-state index < -0.39 is 0 Å². The molecule has 0 aromatic carbocycles. The number of aryl methyl sites for hydroxylation is 2. The van der Waals surface area contributed by atoms with E-state index in [4.69, 9.17) is 4.52 Å². The fraction of sp³-hybridized carbons (Fsp3) is 0.385. The molecular weight excluding hydrogens is 244 g/mol. The molecule has 1 atom stereocenters. The van der Waals surface area contributed by atoms with E-state index in [1.54, 1.807) is 6.20 Å². The minimum atomic E-state index is -0.104. The molecule has 0 saturated heterocycles. The van der Waals surface area contributed by atoms with Gasteiger partial charge in [-0.3, -0.25) is 9.78 Å². The number of aromatic nitrogens is 3. The van der Waals surface area contributed by atoms with Gasteiger partial charge in [0.1, 0.15) is 5.76 Å². The Morgan fingerprint density at radius 2 is 2.21 bits per heavy atom. The Labute approximate surface area is 111 Å². The fourth-order valence-electron chi connectivity index (χ4n) is 2.13. The summed E-state index contributed by atoms with van der Waals surface area (Å²) in [5, 5.41) is 6.61. The molecule has 2 rings (SSSR count). The van der Waals surface area contributed by atoms with Crippen LogP contribution < -0.4 is 5.32 Å². The van der Waals surface area contributed by atoms with Gasteiger partial charge in [-0.25, -0.2) is 4.98 Å². The molecule has 2 heterocycles. The first-order valence-electron chi connectivity index (χ1n) is 6.06. The van der Waals surface area contributed by atoms with Crippen LogP contribution in [-0.2, 0) is 4.79 Å². The molecule has 1 N–H and O–H groups in total. The highest BCUT2D eigenvalue weighted by molar-refractivity contribution is 5.90. The Bertz CT molecular complexity index is 546. The third-order valence-electron chi connectivity index (χ3n) is 2.90. The van der Waals surface area contributed by atoms with Crippen molar-refractivity contribution in [3.05, 3.63) is 35.6 Å². The third kappa shape index (κ3) is 3.15. The van der Waals surface area contributed by atoms with Gasteiger partial charge in [-0.1, -0.05) is 12.1 Å². The first-order chi connectivity index (χ1) is 9.08. The maximum Gasteiger partial charge on any atom is 0.226 e. The second kappa shape index (κ2) is 5.60. The molecule has 6 heteroatoms. The van der Waals surface area contributed by atoms with Gasteiger partial charge in [0.15, 0.2) is 5.82 Å². The fourth-order valence-corrected chi connectivity index (χ4v) is 2.13. The lowest BCUT2D eigenvalue weighted by molar-refractivity contribution is -0.116. The van der Waals surface area contributed by atoms with Crippen molar-refractivity contribution in [3.8, 4) is 0 Å². The van der Waals surface area contributed by atoms with Crippen molar-refractivity contribution in [1.29, 1.82) is 0 Å². The van der Waals surface area contributed by atoms with Crippen LogP contribution in [0.3, 0.4) is 0 Å². The monoisotopic (exact) mass is 260 g/mol. The molecular formula is C13H16N4O2. The van der Waals surface area contributed by atoms with Gasteiger partial charge in [0.2, 0.25) is 5.91 Å². The normalized spacial score (nSPS) is 12.2. The van der Waals surface area contributed by atoms with E-state index in [1.165, 1.54) is 12.4 Å². The first kappa shape index (κ1) is 13.2. The van der Waals surface area contributed by atoms with Crippen LogP contribution in [0.5, 0.6) is 0 Å². The van der Waals surface area contributed by atoms with Crippen LogP contribution in [0, 0.1) is 13.8 Å². The Morgan fingerprint density at radius 3 is 2.79 bits per heavy atom. The lowest BCUT2D eigenvalue weighted by Gasteiger charge is -2.10. The number of amides is 1. The molecule has 0 aliphatic rings. The summed E-state index contributed by atoms with van der Waals surface area (Å²) in [4.78, 5) is 19.8. The van der Waals surface area contributed by atoms with Crippen LogP contribution in [0.1, 0.15) is 36.3 Å². The summed E-state index contributed by atoms with van der Waals surface area (Å²) in [5.74, 6) is 1.16. The summed E-state index contributed by atoms with van der Waals surface area (Å²) >= 11 is 0. The minimum absolute atomic E-state index is 0.0444. The van der Waals surface area contributed by atoms with Crippen LogP contribution in [0.4, 0.5) is 5.82 Å². The van der Waals surface area contributed by atoms with Crippen molar-refractivity contribution >= 4 is 11.7 Å². The molecule has 2 aromatic heterocycles. The van der Waals surface area contributed by atoms with Crippen LogP contribution in [-0.4, -0.2) is 21.0 Å². The largest absolute Gasteiger partial charge is 0.361 e. The van der Waals surface area contributed by atoms with Crippen molar-refractivity contribution in [2.75, 3.05) is 5.32 Å². The zero-order valence-corrected chi connectivity index (χ0v) is 11.2. The van der Waals surface area contributed by atoms with E-state index in [9.17, 15) is 4.79 Å². The summed E-state index contributed by atoms with van der Waals surface area (Å²) in [5.41, 5.74) is 1.83. The SMILES string of the molecule is Cc1noc(C)c1[C@@H](C)CC(=O)Nc1cnccn1. The molecule has 6 nitrogen and oxygen atoms in total. The zero-order valence-electron chi connectivity index (χ0n) is 11.2. The standard InChI is InChI=1S/C13H16N4O2/c1-8(13-9(2)17-19-10(13)3)6-12(18)16-11-7-14-4-5-15-11/h4-5,7-8H,6H2,1-3H3,(H,15,16,18)/t8-/m0/s1. The summed E-state index contributed by atoms with van der Waals surface area (Å²) in [7, 11) is 0. The predicted octanol–water partition coefficient (Wildman–Crippen LogP) is 2.21. The highest BCUT2D eigenvalue weighted by Gasteiger charge is 2.19. The molecule has 0 bridgehead atoms. The molecule has 2 aromatic rings. The quantitative estimate of drug-likeness (QED) is 0.911. The highest BCUT2D eigenvalue weighted by Crippen LogP contribution is 2.25. The molecule has 0 unspecified atom stereocenters. The molecule has 0 spiro atoms. The van der Waals surface area contributed by atoms with Gasteiger partial charge in [-0.2, -0.15) is 0 Å². The van der Waals surface area contributed by atoms with Crippen molar-refractivity contribution in [2.45, 2.75) is 33.1 Å². The van der Waals surface area contributed by atoms with Crippen LogP contribution >= 0.6 is 0 Å². The van der Waals surface area contributed by atoms with Crippen molar-refractivity contribution in [2.24, 2.45) is 0 Å². The average Bonchev–Trinajstić information content (AvgIpc) is 2.70. The van der Waals surface area contributed by atoms with Crippen molar-refractivity contribution < 1.29 is 9.32 Å². The van der Waals surface area contributed by atoms with Crippen molar-refractivity contribution in [1.82, 2.24) is 15.1 Å². The number of carbonyl (C=O) groups excluding carboxylic acids is 1. The molecule has 0 saturated carbocycles. The molecule has 0 radical (unpaired) electrons. The van der Waals surface area contributed by atoms with E-state index in [0.29, 0.717) is 12.2 Å². The van der Waals surface area contributed by atoms with Gasteiger partial charge in [-0.05, 0) is 19.8 Å². The number of carbonyl (C=O) groups is 1. The lowest BCUT2D eigenvalue weighted by Crippen LogP contribution is -2.15. The number of nitrogens with zero attached hydrogens (tertiary/aromatic N) is 3. The average molecular weight is 260 g/mol. The smallest absolute Gasteiger partial charge is 0.226 e. The second-order valence-corrected chi connectivity index (χ2v) is 4.48. The molecule has 0 aliphatic carbocycles. The van der Waals surface area contributed by atoms with Gasteiger partial charge in [0.05, 0.1) is 11.9 Å². The van der Waals surface area contributed by atoms with Gasteiger partial charge in [0.25, 0.3) is 0 Å². The molecule has 100 valence electrons. The number of rotatable bonds is 4. The Balaban J connectivity index is 2.00. The Kier molecular flexibility index (Phi) is 3.89. The van der Waals surface area contributed by atoms with Crippen LogP contribution in [0.15, 0.2) is 23.1 Å². The number of hydrogen-bond donors (Lipinski definition) is 1. The van der Waals surface area contributed by atoms with Gasteiger partial charge in [0, 0.05) is 24.4 Å². The predicted molar refractivity (Wildman–Crippen MR) is 69.7 cm³/mol. The number of anilines is 1. The zero-order chi connectivity index (χ0) is 13.8. The molecule has 19 heavy (non-hydrogen) atoms. The summed E-state index contributed by atoms with van der Waals surface area (Å²) < 4.78 is 5.11. The molecule has 0 aliphatic heterocycles. The second-order valence-electron chi connectivity index (χ2n) is 4.48. The first-order valence-corrected chi connectivity index (χ1v) is 6.06. The van der Waals surface area contributed by atoms with Crippen LogP contribution in [0.25, 0.3) is 0 Å². The van der Waals surface area contributed by atoms with E-state index in [0.717, 1.165) is 17.0 Å².